The van der Waals surface area contributed by atoms with Crippen LogP contribution in [-0.2, 0) is 14.3 Å². The Balaban J connectivity index is 1.97. The summed E-state index contributed by atoms with van der Waals surface area (Å²) in [5, 5.41) is 3.10. The molecule has 5 heteroatoms. The summed E-state index contributed by atoms with van der Waals surface area (Å²) in [7, 11) is 1.43. The molecule has 1 heterocycles. The Morgan fingerprint density at radius 3 is 2.21 bits per heavy atom. The summed E-state index contributed by atoms with van der Waals surface area (Å²) in [6, 6.07) is 4.04. The molecule has 2 rings (SSSR count). The third kappa shape index (κ3) is 4.15. The number of nitrogens with one attached hydrogen (secondary N) is 2. The zero-order valence-electron chi connectivity index (χ0n) is 15.4. The van der Waals surface area contributed by atoms with E-state index in [1.54, 1.807) is 0 Å². The smallest absolute Gasteiger partial charge is 0.309 e. The highest BCUT2D eigenvalue weighted by Gasteiger charge is 2.33. The van der Waals surface area contributed by atoms with Gasteiger partial charge in [-0.1, -0.05) is 17.7 Å². The Hall–Kier alpha value is -1.88. The van der Waals surface area contributed by atoms with Crippen molar-refractivity contribution in [2.45, 2.75) is 46.6 Å². The van der Waals surface area contributed by atoms with Gasteiger partial charge in [-0.05, 0) is 38.8 Å². The zero-order valence-corrected chi connectivity index (χ0v) is 15.4. The third-order valence-electron chi connectivity index (χ3n) is 5.09. The maximum absolute atomic E-state index is 12.6. The van der Waals surface area contributed by atoms with Crippen molar-refractivity contribution in [2.24, 2.45) is 5.92 Å². The van der Waals surface area contributed by atoms with Gasteiger partial charge in [-0.2, -0.15) is 0 Å². The molecule has 0 radical (unpaired) electrons. The number of ether oxygens (including phenoxy) is 1. The molecule has 0 spiro atoms. The molecule has 1 aliphatic rings. The lowest BCUT2D eigenvalue weighted by Crippen LogP contribution is -3.17. The van der Waals surface area contributed by atoms with Gasteiger partial charge in [0.2, 0.25) is 0 Å². The summed E-state index contributed by atoms with van der Waals surface area (Å²) < 4.78 is 4.82. The Morgan fingerprint density at radius 1 is 1.17 bits per heavy atom. The lowest BCUT2D eigenvalue weighted by molar-refractivity contribution is -0.919. The molecule has 1 amide bonds. The highest BCUT2D eigenvalue weighted by molar-refractivity contribution is 5.95. The number of anilines is 1. The van der Waals surface area contributed by atoms with Gasteiger partial charge in [0.05, 0.1) is 26.1 Å². The predicted molar refractivity (Wildman–Crippen MR) is 94.2 cm³/mol. The van der Waals surface area contributed by atoms with Gasteiger partial charge >= 0.3 is 5.97 Å². The number of likely N-dealkylation sites (tertiary alicyclic amines) is 1. The SMILES string of the molecule is COC(=O)C1CC[NH+]([C@@H](C)C(=O)Nc2c(C)cc(C)cc2C)CC1. The summed E-state index contributed by atoms with van der Waals surface area (Å²) in [6.45, 7) is 9.70. The molecule has 5 nitrogen and oxygen atoms in total. The van der Waals surface area contributed by atoms with Gasteiger partial charge in [-0.15, -0.1) is 0 Å². The van der Waals surface area contributed by atoms with E-state index in [1.807, 2.05) is 20.8 Å². The maximum Gasteiger partial charge on any atom is 0.309 e. The number of aryl methyl sites for hydroxylation is 3. The average molecular weight is 333 g/mol. The molecule has 0 unspecified atom stereocenters. The third-order valence-corrected chi connectivity index (χ3v) is 5.09. The number of carbonyl (C=O) groups is 2. The largest absolute Gasteiger partial charge is 0.469 e. The number of methoxy groups -OCH3 is 1. The minimum absolute atomic E-state index is 0.0180. The van der Waals surface area contributed by atoms with Crippen molar-refractivity contribution < 1.29 is 19.2 Å². The van der Waals surface area contributed by atoms with Crippen LogP contribution in [0.1, 0.15) is 36.5 Å². The molecule has 1 aromatic carbocycles. The molecular formula is C19H29N2O3+. The van der Waals surface area contributed by atoms with Crippen LogP contribution < -0.4 is 10.2 Å². The number of rotatable bonds is 4. The second-order valence-corrected chi connectivity index (χ2v) is 6.94. The molecule has 1 aromatic rings. The highest BCUT2D eigenvalue weighted by Crippen LogP contribution is 2.22. The Kier molecular flexibility index (Phi) is 5.99. The molecule has 0 bridgehead atoms. The van der Waals surface area contributed by atoms with Crippen LogP contribution in [0.4, 0.5) is 5.69 Å². The molecule has 1 fully saturated rings. The van der Waals surface area contributed by atoms with E-state index in [0.29, 0.717) is 0 Å². The average Bonchev–Trinajstić information content (AvgIpc) is 2.56. The van der Waals surface area contributed by atoms with Crippen molar-refractivity contribution >= 4 is 17.6 Å². The fourth-order valence-electron chi connectivity index (χ4n) is 3.62. The van der Waals surface area contributed by atoms with Gasteiger partial charge in [-0.25, -0.2) is 0 Å². The number of esters is 1. The molecule has 0 aromatic heterocycles. The van der Waals surface area contributed by atoms with Crippen LogP contribution in [-0.4, -0.2) is 38.1 Å². The van der Waals surface area contributed by atoms with E-state index in [-0.39, 0.29) is 23.8 Å². The lowest BCUT2D eigenvalue weighted by atomic mass is 9.96. The minimum Gasteiger partial charge on any atom is -0.469 e. The number of hydrogen-bond acceptors (Lipinski definition) is 3. The number of benzene rings is 1. The number of piperidine rings is 1. The zero-order chi connectivity index (χ0) is 17.9. The Bertz CT molecular complexity index is 596. The van der Waals surface area contributed by atoms with Crippen LogP contribution in [0.15, 0.2) is 12.1 Å². The highest BCUT2D eigenvalue weighted by atomic mass is 16.5. The number of amides is 1. The number of quaternary nitrogens is 1. The molecular weight excluding hydrogens is 304 g/mol. The van der Waals surface area contributed by atoms with Crippen molar-refractivity contribution in [3.63, 3.8) is 0 Å². The van der Waals surface area contributed by atoms with Gasteiger partial charge in [-0.3, -0.25) is 9.59 Å². The first kappa shape index (κ1) is 18.5. The summed E-state index contributed by atoms with van der Waals surface area (Å²) >= 11 is 0. The first-order chi connectivity index (χ1) is 11.3. The van der Waals surface area contributed by atoms with Gasteiger partial charge in [0.15, 0.2) is 6.04 Å². The van der Waals surface area contributed by atoms with E-state index in [0.717, 1.165) is 42.7 Å². The lowest BCUT2D eigenvalue weighted by Gasteiger charge is -2.31. The van der Waals surface area contributed by atoms with Crippen LogP contribution in [0.25, 0.3) is 0 Å². The molecule has 24 heavy (non-hydrogen) atoms. The van der Waals surface area contributed by atoms with Crippen molar-refractivity contribution in [3.05, 3.63) is 28.8 Å². The summed E-state index contributed by atoms with van der Waals surface area (Å²) in [6.07, 6.45) is 1.56. The predicted octanol–water partition coefficient (Wildman–Crippen LogP) is 1.41. The van der Waals surface area contributed by atoms with Crippen molar-refractivity contribution in [1.82, 2.24) is 0 Å². The van der Waals surface area contributed by atoms with Crippen molar-refractivity contribution in [3.8, 4) is 0 Å². The monoisotopic (exact) mass is 333 g/mol. The Morgan fingerprint density at radius 2 is 1.71 bits per heavy atom. The first-order valence-electron chi connectivity index (χ1n) is 8.64. The van der Waals surface area contributed by atoms with E-state index in [4.69, 9.17) is 4.74 Å². The van der Waals surface area contributed by atoms with Crippen LogP contribution in [0.2, 0.25) is 0 Å². The van der Waals surface area contributed by atoms with Crippen LogP contribution in [0.3, 0.4) is 0 Å². The molecule has 1 saturated heterocycles. The second kappa shape index (κ2) is 7.79. The van der Waals surface area contributed by atoms with Crippen LogP contribution in [0.5, 0.6) is 0 Å². The van der Waals surface area contributed by atoms with Crippen molar-refractivity contribution in [1.29, 1.82) is 0 Å². The fourth-order valence-corrected chi connectivity index (χ4v) is 3.62. The summed E-state index contributed by atoms with van der Waals surface area (Å²) in [4.78, 5) is 25.5. The standard InChI is InChI=1S/C19H28N2O3/c1-12-10-13(2)17(14(3)11-12)20-18(22)15(4)21-8-6-16(7-9-21)19(23)24-5/h10-11,15-16H,6-9H2,1-5H3,(H,20,22)/p+1/t15-/m0/s1. The van der Waals surface area contributed by atoms with E-state index in [9.17, 15) is 9.59 Å². The van der Waals surface area contributed by atoms with Crippen LogP contribution >= 0.6 is 0 Å². The van der Waals surface area contributed by atoms with E-state index in [1.165, 1.54) is 17.6 Å². The number of carbonyl (C=O) groups excluding carboxylic acids is 2. The topological polar surface area (TPSA) is 59.8 Å². The van der Waals surface area contributed by atoms with E-state index in [2.05, 4.69) is 24.4 Å². The number of hydrogen-bond donors (Lipinski definition) is 2. The fraction of sp³-hybridized carbons (Fsp3) is 0.579. The van der Waals surface area contributed by atoms with Crippen LogP contribution in [0, 0.1) is 26.7 Å². The van der Waals surface area contributed by atoms with Gasteiger partial charge < -0.3 is 15.0 Å². The molecule has 0 saturated carbocycles. The summed E-state index contributed by atoms with van der Waals surface area (Å²) in [5.41, 5.74) is 4.30. The summed E-state index contributed by atoms with van der Waals surface area (Å²) in [5.74, 6) is -0.107. The Labute approximate surface area is 144 Å². The molecule has 1 aliphatic heterocycles. The molecule has 2 N–H and O–H groups in total. The quantitative estimate of drug-likeness (QED) is 0.819. The van der Waals surface area contributed by atoms with Crippen molar-refractivity contribution in [2.75, 3.05) is 25.5 Å². The second-order valence-electron chi connectivity index (χ2n) is 6.94. The molecule has 1 atom stereocenters. The van der Waals surface area contributed by atoms with Gasteiger partial charge in [0.25, 0.3) is 5.91 Å². The first-order valence-corrected chi connectivity index (χ1v) is 8.64. The van der Waals surface area contributed by atoms with E-state index >= 15 is 0 Å². The normalized spacial score (nSPS) is 21.9. The van der Waals surface area contributed by atoms with E-state index < -0.39 is 0 Å². The van der Waals surface area contributed by atoms with Gasteiger partial charge in [0.1, 0.15) is 0 Å². The maximum atomic E-state index is 12.6. The molecule has 132 valence electrons. The minimum atomic E-state index is -0.135. The van der Waals surface area contributed by atoms with Gasteiger partial charge in [0, 0.05) is 18.5 Å². The molecule has 0 aliphatic carbocycles.